The first-order valence-corrected chi connectivity index (χ1v) is 11.0. The molecule has 9 heteroatoms. The number of sulfonamides is 1. The van der Waals surface area contributed by atoms with Gasteiger partial charge < -0.3 is 4.90 Å². The molecule has 1 saturated heterocycles. The third-order valence-electron chi connectivity index (χ3n) is 4.65. The monoisotopic (exact) mass is 431 g/mol. The second-order valence-corrected chi connectivity index (χ2v) is 8.71. The van der Waals surface area contributed by atoms with Gasteiger partial charge in [0.25, 0.3) is 5.91 Å². The third-order valence-corrected chi connectivity index (χ3v) is 6.42. The van der Waals surface area contributed by atoms with E-state index in [-0.39, 0.29) is 25.5 Å². The second kappa shape index (κ2) is 9.71. The van der Waals surface area contributed by atoms with Crippen molar-refractivity contribution in [3.05, 3.63) is 66.0 Å². The highest BCUT2D eigenvalue weighted by molar-refractivity contribution is 7.89. The van der Waals surface area contributed by atoms with Gasteiger partial charge in [-0.15, -0.1) is 0 Å². The minimum Gasteiger partial charge on any atom is -0.369 e. The van der Waals surface area contributed by atoms with Gasteiger partial charge in [0.15, 0.2) is 0 Å². The van der Waals surface area contributed by atoms with Crippen LogP contribution in [0.15, 0.2) is 54.6 Å². The van der Waals surface area contributed by atoms with E-state index in [4.69, 9.17) is 0 Å². The van der Waals surface area contributed by atoms with Gasteiger partial charge in [0.05, 0.1) is 0 Å². The summed E-state index contributed by atoms with van der Waals surface area (Å²) in [4.78, 5) is 14.1. The van der Waals surface area contributed by atoms with Crippen molar-refractivity contribution >= 4 is 21.6 Å². The average molecular weight is 431 g/mol. The molecule has 1 heterocycles. The average Bonchev–Trinajstić information content (AvgIpc) is 2.75. The predicted octanol–water partition coefficient (Wildman–Crippen LogP) is 1.55. The fourth-order valence-electron chi connectivity index (χ4n) is 3.02. The zero-order valence-electron chi connectivity index (χ0n) is 16.2. The minimum atomic E-state index is -3.87. The topological polar surface area (TPSA) is 81.2 Å². The highest BCUT2D eigenvalue weighted by Gasteiger charge is 2.30. The van der Waals surface area contributed by atoms with Crippen LogP contribution >= 0.6 is 0 Å². The van der Waals surface area contributed by atoms with E-state index in [0.717, 1.165) is 11.3 Å². The number of hydroxylamine groups is 2. The number of carbonyl (C=O) groups is 1. The highest BCUT2D eigenvalue weighted by Crippen LogP contribution is 2.18. The summed E-state index contributed by atoms with van der Waals surface area (Å²) in [6.07, 6.45) is 0. The Labute approximate surface area is 175 Å². The molecule has 2 aromatic rings. The number of hydrogen-bond donors (Lipinski definition) is 1. The SMILES string of the molecule is O=C(CS(=O)(=O)N1CCN(c2ccc(F)cc2)CC1)N(O)CC#Cc1ccccc1. The number of anilines is 1. The summed E-state index contributed by atoms with van der Waals surface area (Å²) >= 11 is 0. The van der Waals surface area contributed by atoms with Gasteiger partial charge in [-0.05, 0) is 36.4 Å². The number of carbonyl (C=O) groups excluding carboxylic acids is 1. The van der Waals surface area contributed by atoms with E-state index in [1.54, 1.807) is 24.3 Å². The lowest BCUT2D eigenvalue weighted by Crippen LogP contribution is -2.50. The number of halogens is 1. The van der Waals surface area contributed by atoms with Gasteiger partial charge >= 0.3 is 0 Å². The Morgan fingerprint density at radius 1 is 1.03 bits per heavy atom. The van der Waals surface area contributed by atoms with Crippen LogP contribution in [-0.4, -0.2) is 67.4 Å². The van der Waals surface area contributed by atoms with Crippen molar-refractivity contribution in [2.24, 2.45) is 0 Å². The smallest absolute Gasteiger partial charge is 0.263 e. The molecule has 1 aliphatic heterocycles. The van der Waals surface area contributed by atoms with Crippen LogP contribution in [-0.2, 0) is 14.8 Å². The molecule has 7 nitrogen and oxygen atoms in total. The quantitative estimate of drug-likeness (QED) is 0.441. The Morgan fingerprint density at radius 3 is 2.30 bits per heavy atom. The first kappa shape index (κ1) is 21.8. The maximum Gasteiger partial charge on any atom is 0.263 e. The van der Waals surface area contributed by atoms with Crippen LogP contribution in [0.25, 0.3) is 0 Å². The standard InChI is InChI=1S/C21H22FN3O4S/c22-19-8-10-20(11-9-19)23-13-15-24(16-14-23)30(28,29)17-21(26)25(27)12-4-7-18-5-2-1-3-6-18/h1-3,5-6,8-11,27H,12-17H2. The van der Waals surface area contributed by atoms with Crippen molar-refractivity contribution in [2.75, 3.05) is 43.4 Å². The molecule has 158 valence electrons. The third kappa shape index (κ3) is 5.79. The molecule has 0 spiro atoms. The number of rotatable bonds is 5. The Morgan fingerprint density at radius 2 is 1.67 bits per heavy atom. The van der Waals surface area contributed by atoms with Gasteiger partial charge in [0, 0.05) is 37.4 Å². The molecule has 0 radical (unpaired) electrons. The molecular weight excluding hydrogens is 409 g/mol. The van der Waals surface area contributed by atoms with Gasteiger partial charge in [-0.1, -0.05) is 30.0 Å². The van der Waals surface area contributed by atoms with Crippen molar-refractivity contribution in [3.63, 3.8) is 0 Å². The zero-order valence-corrected chi connectivity index (χ0v) is 17.1. The van der Waals surface area contributed by atoms with Crippen molar-refractivity contribution in [3.8, 4) is 11.8 Å². The van der Waals surface area contributed by atoms with Crippen molar-refractivity contribution in [2.45, 2.75) is 0 Å². The summed E-state index contributed by atoms with van der Waals surface area (Å²) in [5.74, 6) is 3.34. The molecule has 1 amide bonds. The molecule has 0 aromatic heterocycles. The first-order chi connectivity index (χ1) is 14.3. The molecule has 1 fully saturated rings. The van der Waals surface area contributed by atoms with Crippen LogP contribution < -0.4 is 4.90 Å². The minimum absolute atomic E-state index is 0.201. The fourth-order valence-corrected chi connectivity index (χ4v) is 4.39. The lowest BCUT2D eigenvalue weighted by Gasteiger charge is -2.35. The molecule has 3 rings (SSSR count). The van der Waals surface area contributed by atoms with E-state index >= 15 is 0 Å². The van der Waals surface area contributed by atoms with Crippen LogP contribution in [0.5, 0.6) is 0 Å². The molecule has 0 unspecified atom stereocenters. The number of benzene rings is 2. The predicted molar refractivity (Wildman–Crippen MR) is 111 cm³/mol. The summed E-state index contributed by atoms with van der Waals surface area (Å²) in [5, 5.41) is 10.2. The molecule has 2 aromatic carbocycles. The Hall–Kier alpha value is -2.93. The summed E-state index contributed by atoms with van der Waals surface area (Å²) in [5.41, 5.74) is 1.54. The first-order valence-electron chi connectivity index (χ1n) is 9.37. The second-order valence-electron chi connectivity index (χ2n) is 6.74. The van der Waals surface area contributed by atoms with Crippen molar-refractivity contribution < 1.29 is 22.8 Å². The highest BCUT2D eigenvalue weighted by atomic mass is 32.2. The van der Waals surface area contributed by atoms with E-state index in [1.807, 2.05) is 23.1 Å². The van der Waals surface area contributed by atoms with E-state index in [9.17, 15) is 22.8 Å². The lowest BCUT2D eigenvalue weighted by molar-refractivity contribution is -0.159. The van der Waals surface area contributed by atoms with Crippen LogP contribution in [0.3, 0.4) is 0 Å². The molecule has 0 saturated carbocycles. The molecule has 30 heavy (non-hydrogen) atoms. The maximum absolute atomic E-state index is 13.1. The number of amides is 1. The van der Waals surface area contributed by atoms with Crippen molar-refractivity contribution in [1.29, 1.82) is 0 Å². The maximum atomic E-state index is 13.1. The normalized spacial score (nSPS) is 14.7. The molecule has 1 N–H and O–H groups in total. The van der Waals surface area contributed by atoms with E-state index in [2.05, 4.69) is 11.8 Å². The molecule has 0 aliphatic carbocycles. The van der Waals surface area contributed by atoms with Crippen LogP contribution in [0.4, 0.5) is 10.1 Å². The van der Waals surface area contributed by atoms with Crippen LogP contribution in [0.2, 0.25) is 0 Å². The largest absolute Gasteiger partial charge is 0.369 e. The van der Waals surface area contributed by atoms with Gasteiger partial charge in [-0.25, -0.2) is 17.9 Å². The molecule has 0 bridgehead atoms. The van der Waals surface area contributed by atoms with Gasteiger partial charge in [0.1, 0.15) is 18.1 Å². The summed E-state index contributed by atoms with van der Waals surface area (Å²) < 4.78 is 39.4. The molecule has 0 atom stereocenters. The number of piperazine rings is 1. The Kier molecular flexibility index (Phi) is 7.05. The summed E-state index contributed by atoms with van der Waals surface area (Å²) in [7, 11) is -3.87. The Balaban J connectivity index is 1.51. The van der Waals surface area contributed by atoms with Gasteiger partial charge in [-0.2, -0.15) is 4.31 Å². The van der Waals surface area contributed by atoms with Gasteiger partial charge in [-0.3, -0.25) is 10.0 Å². The van der Waals surface area contributed by atoms with Crippen molar-refractivity contribution in [1.82, 2.24) is 9.37 Å². The molecule has 1 aliphatic rings. The van der Waals surface area contributed by atoms with Crippen LogP contribution in [0.1, 0.15) is 5.56 Å². The summed E-state index contributed by atoms with van der Waals surface area (Å²) in [6, 6.07) is 15.0. The molecular formula is C21H22FN3O4S. The lowest BCUT2D eigenvalue weighted by atomic mass is 10.2. The zero-order chi connectivity index (χ0) is 21.6. The Bertz CT molecular complexity index is 1030. The number of hydrogen-bond acceptors (Lipinski definition) is 5. The van der Waals surface area contributed by atoms with E-state index < -0.39 is 21.7 Å². The van der Waals surface area contributed by atoms with Crippen LogP contribution in [0, 0.1) is 17.7 Å². The van der Waals surface area contributed by atoms with E-state index in [0.29, 0.717) is 18.2 Å². The number of nitrogens with zero attached hydrogens (tertiary/aromatic N) is 3. The van der Waals surface area contributed by atoms with Gasteiger partial charge in [0.2, 0.25) is 10.0 Å². The summed E-state index contributed by atoms with van der Waals surface area (Å²) in [6.45, 7) is 0.953. The fraction of sp³-hybridized carbons (Fsp3) is 0.286. The van der Waals surface area contributed by atoms with E-state index in [1.165, 1.54) is 16.4 Å².